The standard InChI is InChI=1S/C18H18ClN5O/c1-12-8-16(20)24(17(25)9-12)21-10-15-13(2)22-23(18(15)19)11-14-6-4-3-5-7-14/h3-10H,11,20H2,1-2H3/b21-10-. The van der Waals surface area contributed by atoms with Gasteiger partial charge < -0.3 is 5.73 Å². The predicted molar refractivity (Wildman–Crippen MR) is 100 cm³/mol. The molecule has 0 amide bonds. The van der Waals surface area contributed by atoms with Gasteiger partial charge in [-0.1, -0.05) is 41.9 Å². The molecule has 0 aliphatic rings. The van der Waals surface area contributed by atoms with Crippen LogP contribution >= 0.6 is 11.6 Å². The zero-order valence-corrected chi connectivity index (χ0v) is 14.7. The Morgan fingerprint density at radius 2 is 1.96 bits per heavy atom. The summed E-state index contributed by atoms with van der Waals surface area (Å²) in [4.78, 5) is 12.0. The van der Waals surface area contributed by atoms with E-state index < -0.39 is 0 Å². The van der Waals surface area contributed by atoms with Crippen LogP contribution in [0.3, 0.4) is 0 Å². The van der Waals surface area contributed by atoms with E-state index in [2.05, 4.69) is 10.2 Å². The lowest BCUT2D eigenvalue weighted by Gasteiger charge is -2.04. The van der Waals surface area contributed by atoms with E-state index in [1.54, 1.807) is 17.7 Å². The summed E-state index contributed by atoms with van der Waals surface area (Å²) >= 11 is 6.44. The second kappa shape index (κ2) is 6.94. The minimum absolute atomic E-state index is 0.270. The molecule has 2 heterocycles. The fraction of sp³-hybridized carbons (Fsp3) is 0.167. The summed E-state index contributed by atoms with van der Waals surface area (Å²) in [5.74, 6) is 0.270. The maximum atomic E-state index is 12.0. The topological polar surface area (TPSA) is 78.2 Å². The fourth-order valence-electron chi connectivity index (χ4n) is 2.53. The maximum Gasteiger partial charge on any atom is 0.273 e. The molecule has 0 atom stereocenters. The van der Waals surface area contributed by atoms with Crippen LogP contribution in [-0.2, 0) is 6.54 Å². The fourth-order valence-corrected chi connectivity index (χ4v) is 2.82. The first-order valence-electron chi connectivity index (χ1n) is 7.76. The molecule has 0 spiro atoms. The SMILES string of the molecule is Cc1cc(N)n(/N=C\c2c(C)nn(Cc3ccccc3)c2Cl)c(=O)c1. The molecular formula is C18H18ClN5O. The van der Waals surface area contributed by atoms with Crippen LogP contribution in [0.1, 0.15) is 22.4 Å². The number of halogens is 1. The van der Waals surface area contributed by atoms with E-state index in [0.29, 0.717) is 17.3 Å². The van der Waals surface area contributed by atoms with Crippen LogP contribution in [-0.4, -0.2) is 20.7 Å². The number of rotatable bonds is 4. The first-order valence-corrected chi connectivity index (χ1v) is 8.14. The summed E-state index contributed by atoms with van der Waals surface area (Å²) in [5, 5.41) is 9.09. The van der Waals surface area contributed by atoms with Gasteiger partial charge in [0.15, 0.2) is 0 Å². The molecule has 3 rings (SSSR count). The minimum Gasteiger partial charge on any atom is -0.384 e. The smallest absolute Gasteiger partial charge is 0.273 e. The third kappa shape index (κ3) is 3.64. The summed E-state index contributed by atoms with van der Waals surface area (Å²) < 4.78 is 2.84. The average molecular weight is 356 g/mol. The highest BCUT2D eigenvalue weighted by Gasteiger charge is 2.12. The Kier molecular flexibility index (Phi) is 4.72. The Hall–Kier alpha value is -2.86. The van der Waals surface area contributed by atoms with Gasteiger partial charge in [0.1, 0.15) is 11.0 Å². The summed E-state index contributed by atoms with van der Waals surface area (Å²) in [6.45, 7) is 4.21. The van der Waals surface area contributed by atoms with Gasteiger partial charge >= 0.3 is 0 Å². The number of anilines is 1. The number of hydrogen-bond acceptors (Lipinski definition) is 4. The van der Waals surface area contributed by atoms with Crippen LogP contribution in [0.5, 0.6) is 0 Å². The minimum atomic E-state index is -0.292. The van der Waals surface area contributed by atoms with Crippen molar-refractivity contribution in [3.63, 3.8) is 0 Å². The summed E-state index contributed by atoms with van der Waals surface area (Å²) in [5.41, 5.74) is 8.84. The molecule has 0 aliphatic carbocycles. The highest BCUT2D eigenvalue weighted by atomic mass is 35.5. The number of nitrogens with two attached hydrogens (primary N) is 1. The predicted octanol–water partition coefficient (Wildman–Crippen LogP) is 2.83. The van der Waals surface area contributed by atoms with Gasteiger partial charge in [-0.15, -0.1) is 0 Å². The van der Waals surface area contributed by atoms with Crippen molar-refractivity contribution >= 4 is 23.6 Å². The molecule has 6 nitrogen and oxygen atoms in total. The van der Waals surface area contributed by atoms with Gasteiger partial charge in [-0.25, -0.2) is 4.68 Å². The first-order chi connectivity index (χ1) is 12.0. The largest absolute Gasteiger partial charge is 0.384 e. The van der Waals surface area contributed by atoms with E-state index in [9.17, 15) is 4.79 Å². The molecule has 1 aromatic carbocycles. The summed E-state index contributed by atoms with van der Waals surface area (Å²) in [7, 11) is 0. The normalized spacial score (nSPS) is 11.3. The van der Waals surface area contributed by atoms with Crippen molar-refractivity contribution in [2.75, 3.05) is 5.73 Å². The number of aromatic nitrogens is 3. The van der Waals surface area contributed by atoms with Gasteiger partial charge in [-0.05, 0) is 31.0 Å². The van der Waals surface area contributed by atoms with Crippen molar-refractivity contribution in [2.45, 2.75) is 20.4 Å². The highest BCUT2D eigenvalue weighted by Crippen LogP contribution is 2.19. The Bertz CT molecular complexity index is 989. The molecule has 2 aromatic heterocycles. The van der Waals surface area contributed by atoms with Crippen molar-refractivity contribution in [3.05, 3.63) is 80.4 Å². The molecular weight excluding hydrogens is 338 g/mol. The van der Waals surface area contributed by atoms with Crippen LogP contribution < -0.4 is 11.3 Å². The van der Waals surface area contributed by atoms with Gasteiger partial charge in [0, 0.05) is 6.07 Å². The second-order valence-electron chi connectivity index (χ2n) is 5.79. The van der Waals surface area contributed by atoms with E-state index in [-0.39, 0.29) is 11.4 Å². The van der Waals surface area contributed by atoms with E-state index in [4.69, 9.17) is 17.3 Å². The van der Waals surface area contributed by atoms with Gasteiger partial charge in [-0.3, -0.25) is 4.79 Å². The first kappa shape index (κ1) is 17.0. The molecule has 0 bridgehead atoms. The van der Waals surface area contributed by atoms with Crippen LogP contribution in [0.4, 0.5) is 5.82 Å². The van der Waals surface area contributed by atoms with Crippen molar-refractivity contribution in [2.24, 2.45) is 5.10 Å². The lowest BCUT2D eigenvalue weighted by Crippen LogP contribution is -2.19. The van der Waals surface area contributed by atoms with E-state index in [1.165, 1.54) is 12.3 Å². The van der Waals surface area contributed by atoms with Crippen molar-refractivity contribution in [1.29, 1.82) is 0 Å². The maximum absolute atomic E-state index is 12.0. The van der Waals surface area contributed by atoms with Gasteiger partial charge in [0.2, 0.25) is 0 Å². The van der Waals surface area contributed by atoms with Gasteiger partial charge in [0.25, 0.3) is 5.56 Å². The number of nitrogens with zero attached hydrogens (tertiary/aromatic N) is 4. The van der Waals surface area contributed by atoms with Crippen LogP contribution in [0.15, 0.2) is 52.4 Å². The van der Waals surface area contributed by atoms with Gasteiger partial charge in [0.05, 0.1) is 24.0 Å². The monoisotopic (exact) mass is 355 g/mol. The lowest BCUT2D eigenvalue weighted by atomic mass is 10.2. The zero-order valence-electron chi connectivity index (χ0n) is 14.0. The molecule has 0 radical (unpaired) electrons. The number of nitrogen functional groups attached to an aromatic ring is 1. The molecule has 0 unspecified atom stereocenters. The molecule has 25 heavy (non-hydrogen) atoms. The molecule has 128 valence electrons. The number of benzene rings is 1. The lowest BCUT2D eigenvalue weighted by molar-refractivity contribution is 0.680. The molecule has 0 saturated heterocycles. The Labute approximate surface area is 150 Å². The third-order valence-corrected chi connectivity index (χ3v) is 4.17. The van der Waals surface area contributed by atoms with Crippen molar-refractivity contribution in [1.82, 2.24) is 14.5 Å². The third-order valence-electron chi connectivity index (χ3n) is 3.77. The van der Waals surface area contributed by atoms with E-state index in [1.807, 2.05) is 37.3 Å². The average Bonchev–Trinajstić information content (AvgIpc) is 2.82. The van der Waals surface area contributed by atoms with Crippen molar-refractivity contribution < 1.29 is 0 Å². The Morgan fingerprint density at radius 3 is 2.64 bits per heavy atom. The number of hydrogen-bond donors (Lipinski definition) is 1. The van der Waals surface area contributed by atoms with Crippen LogP contribution in [0.25, 0.3) is 0 Å². The molecule has 0 aliphatic heterocycles. The molecule has 3 aromatic rings. The quantitative estimate of drug-likeness (QED) is 0.731. The number of aryl methyl sites for hydroxylation is 2. The summed E-state index contributed by atoms with van der Waals surface area (Å²) in [6, 6.07) is 13.1. The van der Waals surface area contributed by atoms with Crippen molar-refractivity contribution in [3.8, 4) is 0 Å². The summed E-state index contributed by atoms with van der Waals surface area (Å²) in [6.07, 6.45) is 1.51. The highest BCUT2D eigenvalue weighted by molar-refractivity contribution is 6.32. The zero-order chi connectivity index (χ0) is 18.0. The van der Waals surface area contributed by atoms with E-state index >= 15 is 0 Å². The van der Waals surface area contributed by atoms with Gasteiger partial charge in [-0.2, -0.15) is 14.9 Å². The molecule has 2 N–H and O–H groups in total. The Balaban J connectivity index is 1.93. The Morgan fingerprint density at radius 1 is 1.24 bits per heavy atom. The molecule has 0 saturated carbocycles. The second-order valence-corrected chi connectivity index (χ2v) is 6.14. The van der Waals surface area contributed by atoms with Crippen LogP contribution in [0, 0.1) is 13.8 Å². The molecule has 0 fully saturated rings. The van der Waals surface area contributed by atoms with E-state index in [0.717, 1.165) is 21.5 Å². The molecule has 7 heteroatoms. The van der Waals surface area contributed by atoms with Crippen LogP contribution in [0.2, 0.25) is 5.15 Å². The number of pyridine rings is 1.